The second-order valence-corrected chi connectivity index (χ2v) is 35.1. The molecular formula is C110H74S2. The van der Waals surface area contributed by atoms with Gasteiger partial charge in [0.25, 0.3) is 0 Å². The summed E-state index contributed by atoms with van der Waals surface area (Å²) in [5.41, 5.74) is 32.9. The Bertz CT molecular complexity index is 7560. The van der Waals surface area contributed by atoms with Gasteiger partial charge in [0, 0.05) is 51.4 Å². The molecule has 0 spiro atoms. The van der Waals surface area contributed by atoms with Gasteiger partial charge >= 0.3 is 0 Å². The molecule has 4 aliphatic carbocycles. The predicted molar refractivity (Wildman–Crippen MR) is 485 cm³/mol. The summed E-state index contributed by atoms with van der Waals surface area (Å²) in [5.74, 6) is 0. The molecule has 0 fully saturated rings. The first-order valence-corrected chi connectivity index (χ1v) is 41.5. The van der Waals surface area contributed by atoms with E-state index < -0.39 is 0 Å². The number of thiophene rings is 2. The Kier molecular flexibility index (Phi) is 13.8. The molecule has 0 saturated heterocycles. The maximum absolute atomic E-state index is 2.54. The van der Waals surface area contributed by atoms with E-state index in [4.69, 9.17) is 0 Å². The molecule has 0 bridgehead atoms. The van der Waals surface area contributed by atoms with Gasteiger partial charge in [0.15, 0.2) is 0 Å². The average molecular weight is 1460 g/mol. The number of fused-ring (bicyclic) bond motifs is 24. The molecule has 24 rings (SSSR count). The van der Waals surface area contributed by atoms with Gasteiger partial charge in [-0.2, -0.15) is 0 Å². The molecule has 0 radical (unpaired) electrons. The Hall–Kier alpha value is -12.6. The molecule has 20 aromatic rings. The van der Waals surface area contributed by atoms with Gasteiger partial charge in [-0.15, -0.1) is 22.7 Å². The maximum atomic E-state index is 2.54. The summed E-state index contributed by atoms with van der Waals surface area (Å²) in [6.45, 7) is 9.76. The van der Waals surface area contributed by atoms with Gasteiger partial charge in [-0.1, -0.05) is 313 Å². The minimum Gasteiger partial charge on any atom is -0.136 e. The Balaban J connectivity index is 0.552. The van der Waals surface area contributed by atoms with Crippen molar-refractivity contribution in [2.45, 2.75) is 64.2 Å². The Morgan fingerprint density at radius 2 is 0.714 bits per heavy atom. The molecule has 526 valence electrons. The van der Waals surface area contributed by atoms with Gasteiger partial charge in [-0.3, -0.25) is 0 Å². The number of rotatable bonds is 7. The van der Waals surface area contributed by atoms with Crippen molar-refractivity contribution in [2.24, 2.45) is 0 Å². The van der Waals surface area contributed by atoms with E-state index in [1.54, 1.807) is 0 Å². The van der Waals surface area contributed by atoms with Crippen LogP contribution in [0.1, 0.15) is 89.9 Å². The molecule has 2 heterocycles. The normalized spacial score (nSPS) is 14.4. The van der Waals surface area contributed by atoms with Crippen LogP contribution in [0.2, 0.25) is 0 Å². The van der Waals surface area contributed by atoms with E-state index in [1.807, 2.05) is 22.7 Å². The summed E-state index contributed by atoms with van der Waals surface area (Å²) in [4.78, 5) is 1.43. The number of allylic oxidation sites excluding steroid dienone is 2. The minimum absolute atomic E-state index is 0.170. The third-order valence-electron chi connectivity index (χ3n) is 26.4. The zero-order valence-electron chi connectivity index (χ0n) is 62.8. The van der Waals surface area contributed by atoms with Gasteiger partial charge in [0.1, 0.15) is 0 Å². The van der Waals surface area contributed by atoms with Gasteiger partial charge in [0.2, 0.25) is 0 Å². The van der Waals surface area contributed by atoms with Gasteiger partial charge < -0.3 is 0 Å². The quantitative estimate of drug-likeness (QED) is 0.140. The van der Waals surface area contributed by atoms with E-state index >= 15 is 0 Å². The van der Waals surface area contributed by atoms with Crippen molar-refractivity contribution in [3.8, 4) is 89.0 Å². The maximum Gasteiger partial charge on any atom is 0.0434 e. The van der Waals surface area contributed by atoms with Gasteiger partial charge in [-0.05, 0) is 277 Å². The van der Waals surface area contributed by atoms with Crippen LogP contribution in [0.4, 0.5) is 0 Å². The number of hydrogen-bond donors (Lipinski definition) is 0. The van der Waals surface area contributed by atoms with Crippen LogP contribution in [0.25, 0.3) is 212 Å². The molecule has 4 aliphatic rings. The second kappa shape index (κ2) is 24.0. The van der Waals surface area contributed by atoms with Crippen LogP contribution in [0.15, 0.2) is 315 Å². The van der Waals surface area contributed by atoms with E-state index in [-0.39, 0.29) is 10.8 Å². The van der Waals surface area contributed by atoms with E-state index in [2.05, 4.69) is 355 Å². The number of aryl methyl sites for hydroxylation is 1. The highest BCUT2D eigenvalue weighted by molar-refractivity contribution is 7.26. The van der Waals surface area contributed by atoms with Crippen molar-refractivity contribution >= 4 is 146 Å². The summed E-state index contributed by atoms with van der Waals surface area (Å²) in [7, 11) is 0. The molecule has 0 aliphatic heterocycles. The SMILES string of the molecule is CC1(C)c2cc(-c3c4ccccc4c(-c4cccc(-c5cccc6ccccc56)c4)c4ccccc34)ccc2-c2c1ccc1c2ccc2c3ccc(C4=Cc5cccc(-c6cccc(-c7c8ccccc8c(-c8ccc9c(c8)C(C)(C)c8ccc%10c(ccc%11sc%12c(c%11%10)CCC=C%12)c8-9)c8ccccc78)c6)c5CC4)cc3sc12. The van der Waals surface area contributed by atoms with Crippen molar-refractivity contribution in [2.75, 3.05) is 0 Å². The zero-order valence-corrected chi connectivity index (χ0v) is 64.5. The van der Waals surface area contributed by atoms with Crippen LogP contribution < -0.4 is 0 Å². The first kappa shape index (κ1) is 64.3. The monoisotopic (exact) mass is 1460 g/mol. The highest BCUT2D eigenvalue weighted by atomic mass is 32.1. The highest BCUT2D eigenvalue weighted by Crippen LogP contribution is 2.58. The fourth-order valence-electron chi connectivity index (χ4n) is 21.2. The average Bonchev–Trinajstić information content (AvgIpc) is 1.22. The first-order valence-electron chi connectivity index (χ1n) is 39.9. The molecule has 18 aromatic carbocycles. The van der Waals surface area contributed by atoms with Gasteiger partial charge in [0.05, 0.1) is 0 Å². The van der Waals surface area contributed by atoms with Crippen LogP contribution in [0.3, 0.4) is 0 Å². The molecule has 0 amide bonds. The van der Waals surface area contributed by atoms with E-state index in [9.17, 15) is 0 Å². The van der Waals surface area contributed by atoms with Crippen molar-refractivity contribution < 1.29 is 0 Å². The molecule has 2 heteroatoms. The molecular weight excluding hydrogens is 1390 g/mol. The van der Waals surface area contributed by atoms with Crippen LogP contribution in [0, 0.1) is 0 Å². The predicted octanol–water partition coefficient (Wildman–Crippen LogP) is 31.4. The third kappa shape index (κ3) is 9.22. The van der Waals surface area contributed by atoms with Crippen LogP contribution in [0.5, 0.6) is 0 Å². The summed E-state index contributed by atoms with van der Waals surface area (Å²) in [6.07, 6.45) is 11.4. The van der Waals surface area contributed by atoms with Crippen molar-refractivity contribution in [3.63, 3.8) is 0 Å². The topological polar surface area (TPSA) is 0 Å². The Morgan fingerprint density at radius 3 is 1.32 bits per heavy atom. The fraction of sp³-hybridized carbons (Fsp3) is 0.0909. The molecule has 0 atom stereocenters. The zero-order chi connectivity index (χ0) is 74.0. The lowest BCUT2D eigenvalue weighted by Gasteiger charge is -2.23. The lowest BCUT2D eigenvalue weighted by atomic mass is 9.80. The lowest BCUT2D eigenvalue weighted by Crippen LogP contribution is -2.15. The van der Waals surface area contributed by atoms with Crippen molar-refractivity contribution in [1.82, 2.24) is 0 Å². The fourth-order valence-corrected chi connectivity index (χ4v) is 23.7. The lowest BCUT2D eigenvalue weighted by molar-refractivity contribution is 0.661. The highest BCUT2D eigenvalue weighted by Gasteiger charge is 2.40. The van der Waals surface area contributed by atoms with Gasteiger partial charge in [-0.25, -0.2) is 0 Å². The molecule has 2 aromatic heterocycles. The summed E-state index contributed by atoms with van der Waals surface area (Å²) in [6, 6.07) is 119. The van der Waals surface area contributed by atoms with Crippen molar-refractivity contribution in [3.05, 3.63) is 365 Å². The smallest absolute Gasteiger partial charge is 0.0434 e. The van der Waals surface area contributed by atoms with E-state index in [1.165, 1.54) is 250 Å². The van der Waals surface area contributed by atoms with Crippen molar-refractivity contribution in [1.29, 1.82) is 0 Å². The van der Waals surface area contributed by atoms with Crippen LogP contribution in [-0.2, 0) is 23.7 Å². The number of hydrogen-bond acceptors (Lipinski definition) is 2. The minimum atomic E-state index is -0.215. The van der Waals surface area contributed by atoms with E-state index in [0.29, 0.717) is 0 Å². The Labute approximate surface area is 659 Å². The summed E-state index contributed by atoms with van der Waals surface area (Å²) >= 11 is 3.91. The third-order valence-corrected chi connectivity index (χ3v) is 28.8. The molecule has 112 heavy (non-hydrogen) atoms. The summed E-state index contributed by atoms with van der Waals surface area (Å²) in [5, 5.41) is 22.3. The molecule has 0 saturated carbocycles. The first-order chi connectivity index (χ1) is 55.1. The number of benzene rings is 18. The molecule has 0 nitrogen and oxygen atoms in total. The van der Waals surface area contributed by atoms with Crippen LogP contribution in [-0.4, -0.2) is 0 Å². The molecule has 0 N–H and O–H groups in total. The van der Waals surface area contributed by atoms with E-state index in [0.717, 1.165) is 25.7 Å². The summed E-state index contributed by atoms with van der Waals surface area (Å²) < 4.78 is 4.10. The van der Waals surface area contributed by atoms with Crippen LogP contribution >= 0.6 is 22.7 Å². The largest absolute Gasteiger partial charge is 0.136 e. The standard InChI is InChI=1S/C110H74S2/c1-109(2)94-54-51-87-86(53-56-99-107(87)93-37-15-16-40-98(93)111-99)105(94)91-47-43-71(60-96(91)109)103-84-35-13-9-31-80(84)102(81-32-10-14-36-85(81)103)70-27-18-24-68(59-70)75-39-20-25-66-57-64(41-45-76(66)75)65-42-46-77-89-50-49-88-90(108(89)112-100(77)62-65)52-55-95-106(88)92-48-44-72(61-97(92)110(95,3)4)104-82-33-11-7-29-78(82)101(79-30-8-12-34-83(79)104)69-26-17-23-67(58-69)74-38-19-22-63-21-5-6-28-73(63)74/h5-14,16-36,38-40,42-44,46-62H,15,37,41,45H2,1-4H3. The molecule has 0 unspecified atom stereocenters. The second-order valence-electron chi connectivity index (χ2n) is 32.9. The Morgan fingerprint density at radius 1 is 0.268 bits per heavy atom.